The fourth-order valence-electron chi connectivity index (χ4n) is 2.14. The molecule has 3 aromatic rings. The second-order valence-electron chi connectivity index (χ2n) is 5.40. The number of carbonyl (C=O) groups is 2. The van der Waals surface area contributed by atoms with E-state index < -0.39 is 18.0 Å². The highest BCUT2D eigenvalue weighted by Crippen LogP contribution is 2.28. The molecule has 134 valence electrons. The molecule has 8 heteroatoms. The first-order valence-electron chi connectivity index (χ1n) is 7.76. The highest BCUT2D eigenvalue weighted by atomic mass is 35.5. The Morgan fingerprint density at radius 1 is 1.23 bits per heavy atom. The Hall–Kier alpha value is -2.22. The van der Waals surface area contributed by atoms with Gasteiger partial charge in [-0.25, -0.2) is 4.98 Å². The number of amides is 1. The van der Waals surface area contributed by atoms with Gasteiger partial charge in [-0.05, 0) is 30.5 Å². The zero-order valence-electron chi connectivity index (χ0n) is 13.8. The molecule has 2 heterocycles. The van der Waals surface area contributed by atoms with Crippen LogP contribution in [-0.2, 0) is 20.7 Å². The summed E-state index contributed by atoms with van der Waals surface area (Å²) >= 11 is 9.07. The van der Waals surface area contributed by atoms with E-state index in [9.17, 15) is 9.59 Å². The molecule has 0 fully saturated rings. The van der Waals surface area contributed by atoms with Crippen molar-refractivity contribution in [2.75, 3.05) is 5.32 Å². The van der Waals surface area contributed by atoms with Gasteiger partial charge in [0.1, 0.15) is 5.01 Å². The van der Waals surface area contributed by atoms with Gasteiger partial charge in [0, 0.05) is 5.38 Å². The van der Waals surface area contributed by atoms with Gasteiger partial charge in [0.15, 0.2) is 6.10 Å². The third kappa shape index (κ3) is 4.69. The number of ether oxygens (including phenoxy) is 1. The van der Waals surface area contributed by atoms with Gasteiger partial charge in [0.25, 0.3) is 5.91 Å². The molecule has 0 spiro atoms. The lowest BCUT2D eigenvalue weighted by Gasteiger charge is -2.13. The normalized spacial score (nSPS) is 11.8. The average Bonchev–Trinajstić information content (AvgIpc) is 3.28. The van der Waals surface area contributed by atoms with E-state index in [4.69, 9.17) is 16.3 Å². The molecular weight excluding hydrogens is 392 g/mol. The molecular formula is C18H15ClN2O3S2. The number of anilines is 1. The van der Waals surface area contributed by atoms with Crippen LogP contribution in [0.1, 0.15) is 12.6 Å². The summed E-state index contributed by atoms with van der Waals surface area (Å²) in [6.07, 6.45) is -0.917. The van der Waals surface area contributed by atoms with Crippen LogP contribution in [0.25, 0.3) is 9.88 Å². The molecule has 1 atom stereocenters. The molecule has 1 aromatic carbocycles. The van der Waals surface area contributed by atoms with Crippen LogP contribution >= 0.6 is 34.3 Å². The summed E-state index contributed by atoms with van der Waals surface area (Å²) < 4.78 is 5.20. The Morgan fingerprint density at radius 2 is 2.04 bits per heavy atom. The zero-order chi connectivity index (χ0) is 18.5. The third-order valence-corrected chi connectivity index (χ3v) is 5.68. The van der Waals surface area contributed by atoms with Crippen LogP contribution in [0.4, 0.5) is 5.69 Å². The number of nitrogens with one attached hydrogen (secondary N) is 1. The monoisotopic (exact) mass is 406 g/mol. The molecule has 0 radical (unpaired) electrons. The lowest BCUT2D eigenvalue weighted by molar-refractivity contribution is -0.152. The van der Waals surface area contributed by atoms with Crippen LogP contribution in [0.15, 0.2) is 47.2 Å². The molecule has 0 saturated carbocycles. The molecule has 26 heavy (non-hydrogen) atoms. The highest BCUT2D eigenvalue weighted by Gasteiger charge is 2.20. The lowest BCUT2D eigenvalue weighted by Crippen LogP contribution is -2.30. The Balaban J connectivity index is 1.54. The van der Waals surface area contributed by atoms with E-state index in [1.165, 1.54) is 18.3 Å². The van der Waals surface area contributed by atoms with Crippen molar-refractivity contribution in [3.8, 4) is 9.88 Å². The fourth-order valence-corrected chi connectivity index (χ4v) is 3.96. The van der Waals surface area contributed by atoms with E-state index in [0.29, 0.717) is 16.4 Å². The second kappa shape index (κ2) is 8.44. The topological polar surface area (TPSA) is 68.3 Å². The van der Waals surface area contributed by atoms with Crippen molar-refractivity contribution in [2.24, 2.45) is 0 Å². The van der Waals surface area contributed by atoms with Crippen LogP contribution in [0, 0.1) is 0 Å². The van der Waals surface area contributed by atoms with Crippen LogP contribution in [0.5, 0.6) is 0 Å². The number of thiazole rings is 1. The predicted octanol–water partition coefficient (Wildman–Crippen LogP) is 4.64. The molecule has 0 bridgehead atoms. The van der Waals surface area contributed by atoms with Crippen LogP contribution in [0.3, 0.4) is 0 Å². The number of carbonyl (C=O) groups excluding carboxylic acids is 2. The van der Waals surface area contributed by atoms with Gasteiger partial charge in [0.05, 0.1) is 27.7 Å². The van der Waals surface area contributed by atoms with Gasteiger partial charge < -0.3 is 10.1 Å². The standard InChI is InChI=1S/C18H15ClN2O3S2/c1-11(17(23)21-14-6-3-2-5-13(14)19)24-16(22)9-12-10-26-18(20-12)15-7-4-8-25-15/h2-8,10-11H,9H2,1H3,(H,21,23). The maximum absolute atomic E-state index is 12.2. The molecule has 0 aliphatic rings. The van der Waals surface area contributed by atoms with Gasteiger partial charge in [-0.15, -0.1) is 22.7 Å². The quantitative estimate of drug-likeness (QED) is 0.605. The Kier molecular flexibility index (Phi) is 6.03. The predicted molar refractivity (Wildman–Crippen MR) is 105 cm³/mol. The van der Waals surface area contributed by atoms with Crippen molar-refractivity contribution in [3.05, 3.63) is 57.9 Å². The van der Waals surface area contributed by atoms with E-state index >= 15 is 0 Å². The first-order valence-corrected chi connectivity index (χ1v) is 9.90. The minimum Gasteiger partial charge on any atom is -0.452 e. The largest absolute Gasteiger partial charge is 0.452 e. The summed E-state index contributed by atoms with van der Waals surface area (Å²) in [5.41, 5.74) is 1.10. The van der Waals surface area contributed by atoms with E-state index in [0.717, 1.165) is 9.88 Å². The molecule has 0 aliphatic heterocycles. The van der Waals surface area contributed by atoms with Crippen molar-refractivity contribution in [1.82, 2.24) is 4.98 Å². The van der Waals surface area contributed by atoms with E-state index in [2.05, 4.69) is 10.3 Å². The van der Waals surface area contributed by atoms with Crippen LogP contribution in [0.2, 0.25) is 5.02 Å². The minimum atomic E-state index is -0.936. The van der Waals surface area contributed by atoms with Crippen LogP contribution in [-0.4, -0.2) is 23.0 Å². The molecule has 1 unspecified atom stereocenters. The van der Waals surface area contributed by atoms with Crippen molar-refractivity contribution in [2.45, 2.75) is 19.4 Å². The van der Waals surface area contributed by atoms with Gasteiger partial charge in [-0.2, -0.15) is 0 Å². The summed E-state index contributed by atoms with van der Waals surface area (Å²) in [6, 6.07) is 10.8. The highest BCUT2D eigenvalue weighted by molar-refractivity contribution is 7.20. The Bertz CT molecular complexity index is 909. The molecule has 5 nitrogen and oxygen atoms in total. The second-order valence-corrected chi connectivity index (χ2v) is 7.61. The summed E-state index contributed by atoms with van der Waals surface area (Å²) in [4.78, 5) is 29.7. The van der Waals surface area contributed by atoms with Gasteiger partial charge in [-0.3, -0.25) is 9.59 Å². The number of hydrogen-bond acceptors (Lipinski definition) is 6. The van der Waals surface area contributed by atoms with Crippen molar-refractivity contribution in [1.29, 1.82) is 0 Å². The number of rotatable bonds is 6. The van der Waals surface area contributed by atoms with E-state index in [1.807, 2.05) is 22.9 Å². The van der Waals surface area contributed by atoms with Crippen molar-refractivity contribution in [3.63, 3.8) is 0 Å². The molecule has 1 amide bonds. The van der Waals surface area contributed by atoms with E-state index in [1.54, 1.807) is 35.6 Å². The summed E-state index contributed by atoms with van der Waals surface area (Å²) in [5, 5.41) is 7.73. The van der Waals surface area contributed by atoms with Gasteiger partial charge in [-0.1, -0.05) is 29.8 Å². The first-order chi connectivity index (χ1) is 12.5. The molecule has 2 aromatic heterocycles. The van der Waals surface area contributed by atoms with Gasteiger partial charge >= 0.3 is 5.97 Å². The smallest absolute Gasteiger partial charge is 0.312 e. The molecule has 1 N–H and O–H groups in total. The molecule has 0 saturated heterocycles. The number of halogens is 1. The van der Waals surface area contributed by atoms with Crippen molar-refractivity contribution < 1.29 is 14.3 Å². The first kappa shape index (κ1) is 18.6. The lowest BCUT2D eigenvalue weighted by atomic mass is 10.3. The fraction of sp³-hybridized carbons (Fsp3) is 0.167. The average molecular weight is 407 g/mol. The maximum atomic E-state index is 12.2. The number of para-hydroxylation sites is 1. The maximum Gasteiger partial charge on any atom is 0.312 e. The summed E-state index contributed by atoms with van der Waals surface area (Å²) in [5.74, 6) is -0.946. The number of nitrogens with zero attached hydrogens (tertiary/aromatic N) is 1. The number of esters is 1. The Labute approximate surface area is 163 Å². The minimum absolute atomic E-state index is 0.0194. The SMILES string of the molecule is CC(OC(=O)Cc1csc(-c2cccs2)n1)C(=O)Nc1ccccc1Cl. The van der Waals surface area contributed by atoms with Gasteiger partial charge in [0.2, 0.25) is 0 Å². The third-order valence-electron chi connectivity index (χ3n) is 3.42. The number of thiophene rings is 1. The zero-order valence-corrected chi connectivity index (χ0v) is 16.2. The van der Waals surface area contributed by atoms with Crippen LogP contribution < -0.4 is 5.32 Å². The summed E-state index contributed by atoms with van der Waals surface area (Å²) in [7, 11) is 0. The molecule has 3 rings (SSSR count). The van der Waals surface area contributed by atoms with E-state index in [-0.39, 0.29) is 6.42 Å². The number of hydrogen-bond donors (Lipinski definition) is 1. The number of benzene rings is 1. The Morgan fingerprint density at radius 3 is 2.77 bits per heavy atom. The summed E-state index contributed by atoms with van der Waals surface area (Å²) in [6.45, 7) is 1.52. The number of aromatic nitrogens is 1. The van der Waals surface area contributed by atoms with Crippen molar-refractivity contribution >= 4 is 51.8 Å². The molecule has 0 aliphatic carbocycles.